The van der Waals surface area contributed by atoms with Gasteiger partial charge in [0.2, 0.25) is 0 Å². The van der Waals surface area contributed by atoms with Gasteiger partial charge in [0.1, 0.15) is 0 Å². The fourth-order valence-electron chi connectivity index (χ4n) is 5.95. The first-order valence-corrected chi connectivity index (χ1v) is 13.1. The smallest absolute Gasteiger partial charge is 0.165 e. The first-order chi connectivity index (χ1) is 16.9. The van der Waals surface area contributed by atoms with Gasteiger partial charge in [-0.2, -0.15) is 0 Å². The highest BCUT2D eigenvalue weighted by atomic mass is 19.2. The lowest BCUT2D eigenvalue weighted by Crippen LogP contribution is -2.25. The summed E-state index contributed by atoms with van der Waals surface area (Å²) < 4.78 is 49.7. The maximum Gasteiger partial charge on any atom is 0.165 e. The molecule has 35 heavy (non-hydrogen) atoms. The number of phenols is 1. The Morgan fingerprint density at radius 3 is 1.97 bits per heavy atom. The van der Waals surface area contributed by atoms with Crippen molar-refractivity contribution in [2.45, 2.75) is 102 Å². The van der Waals surface area contributed by atoms with Gasteiger partial charge in [-0.1, -0.05) is 31.5 Å². The molecule has 0 radical (unpaired) electrons. The lowest BCUT2D eigenvalue weighted by Gasteiger charge is -2.32. The average Bonchev–Trinajstić information content (AvgIpc) is 2.87. The van der Waals surface area contributed by atoms with Crippen LogP contribution in [0.4, 0.5) is 13.2 Å². The molecule has 1 unspecified atom stereocenters. The van der Waals surface area contributed by atoms with Crippen LogP contribution in [0.15, 0.2) is 30.3 Å². The first kappa shape index (κ1) is 26.0. The van der Waals surface area contributed by atoms with Crippen molar-refractivity contribution >= 4 is 0 Å². The molecule has 2 N–H and O–H groups in total. The summed E-state index contributed by atoms with van der Waals surface area (Å²) in [4.78, 5) is 0. The number of ether oxygens (including phenoxy) is 1. The molecule has 0 heterocycles. The van der Waals surface area contributed by atoms with Crippen LogP contribution in [-0.4, -0.2) is 22.4 Å². The van der Waals surface area contributed by atoms with Crippen molar-refractivity contribution in [1.29, 1.82) is 0 Å². The number of aliphatic hydroxyl groups excluding tert-OH is 1. The molecule has 2 aromatic carbocycles. The Labute approximate surface area is 206 Å². The molecule has 0 saturated heterocycles. The fraction of sp³-hybridized carbons (Fsp3) is 0.586. The molecule has 2 aromatic rings. The minimum Gasteiger partial charge on any atom is -0.505 e. The number of aliphatic hydroxyl groups is 1. The van der Waals surface area contributed by atoms with Crippen molar-refractivity contribution in [2.24, 2.45) is 5.92 Å². The van der Waals surface area contributed by atoms with Crippen molar-refractivity contribution < 1.29 is 28.1 Å². The van der Waals surface area contributed by atoms with E-state index in [1.165, 1.54) is 12.1 Å². The van der Waals surface area contributed by atoms with Crippen molar-refractivity contribution in [1.82, 2.24) is 0 Å². The predicted octanol–water partition coefficient (Wildman–Crippen LogP) is 7.49. The molecular formula is C29H37F3O3. The molecule has 0 bridgehead atoms. The predicted molar refractivity (Wildman–Crippen MR) is 130 cm³/mol. The normalized spacial score (nSPS) is 26.0. The van der Waals surface area contributed by atoms with E-state index in [1.54, 1.807) is 18.2 Å². The van der Waals surface area contributed by atoms with Gasteiger partial charge in [-0.3, -0.25) is 0 Å². The van der Waals surface area contributed by atoms with E-state index in [9.17, 15) is 14.6 Å². The second-order valence-corrected chi connectivity index (χ2v) is 10.4. The van der Waals surface area contributed by atoms with Crippen LogP contribution in [0.1, 0.15) is 99.7 Å². The van der Waals surface area contributed by atoms with Crippen molar-refractivity contribution in [3.63, 3.8) is 0 Å². The minimum absolute atomic E-state index is 0.00598. The molecule has 4 rings (SSSR count). The minimum atomic E-state index is -0.709. The molecule has 0 aromatic heterocycles. The summed E-state index contributed by atoms with van der Waals surface area (Å²) in [5.41, 5.74) is 1.59. The van der Waals surface area contributed by atoms with Crippen LogP contribution in [0.25, 0.3) is 0 Å². The Kier molecular flexibility index (Phi) is 8.77. The van der Waals surface area contributed by atoms with Gasteiger partial charge in [0.25, 0.3) is 0 Å². The molecular weight excluding hydrogens is 453 g/mol. The second kappa shape index (κ2) is 11.8. The van der Waals surface area contributed by atoms with Crippen LogP contribution in [0.2, 0.25) is 0 Å². The molecule has 2 fully saturated rings. The van der Waals surface area contributed by atoms with Gasteiger partial charge < -0.3 is 14.9 Å². The summed E-state index contributed by atoms with van der Waals surface area (Å²) >= 11 is 0. The monoisotopic (exact) mass is 490 g/mol. The highest BCUT2D eigenvalue weighted by Crippen LogP contribution is 2.42. The van der Waals surface area contributed by atoms with E-state index in [2.05, 4.69) is 6.92 Å². The largest absolute Gasteiger partial charge is 0.505 e. The van der Waals surface area contributed by atoms with Crippen LogP contribution in [0.5, 0.6) is 5.75 Å². The van der Waals surface area contributed by atoms with E-state index in [1.807, 2.05) is 0 Å². The average molecular weight is 491 g/mol. The number of benzene rings is 2. The van der Waals surface area contributed by atoms with Gasteiger partial charge in [-0.25, -0.2) is 13.2 Å². The van der Waals surface area contributed by atoms with E-state index in [0.29, 0.717) is 29.5 Å². The molecule has 6 heteroatoms. The van der Waals surface area contributed by atoms with Gasteiger partial charge in [-0.15, -0.1) is 0 Å². The Hall–Kier alpha value is -2.05. The lowest BCUT2D eigenvalue weighted by atomic mass is 9.75. The third-order valence-corrected chi connectivity index (χ3v) is 8.09. The molecule has 2 saturated carbocycles. The highest BCUT2D eigenvalue weighted by Gasteiger charge is 2.31. The Morgan fingerprint density at radius 1 is 0.857 bits per heavy atom. The molecule has 192 valence electrons. The topological polar surface area (TPSA) is 49.7 Å². The van der Waals surface area contributed by atoms with Crippen LogP contribution >= 0.6 is 0 Å². The standard InChI is InChI=1S/C29H37F3O3/c1-2-3-26(33)21-7-5-19(6-8-21)23-13-14-24(29(32)28(23)31)20-9-11-22(12-10-20)35-17-18-4-15-27(34)25(30)16-18/h4,13-16,19-22,26,33-34H,2-3,5-12,17H2,1H3. The van der Waals surface area contributed by atoms with Crippen LogP contribution in [0, 0.1) is 23.4 Å². The number of hydrogen-bond acceptors (Lipinski definition) is 3. The molecule has 0 aliphatic heterocycles. The van der Waals surface area contributed by atoms with Crippen molar-refractivity contribution in [3.05, 3.63) is 64.5 Å². The third kappa shape index (κ3) is 6.21. The van der Waals surface area contributed by atoms with E-state index >= 15 is 8.78 Å². The maximum atomic E-state index is 15.1. The molecule has 0 amide bonds. The zero-order chi connectivity index (χ0) is 24.9. The SMILES string of the molecule is CCCC(O)C1CCC(c2ccc(C3CCC(OCc4ccc(O)c(F)c4)CC3)c(F)c2F)CC1. The van der Waals surface area contributed by atoms with E-state index in [-0.39, 0.29) is 42.3 Å². The quantitative estimate of drug-likeness (QED) is 0.403. The van der Waals surface area contributed by atoms with Crippen LogP contribution in [-0.2, 0) is 11.3 Å². The van der Waals surface area contributed by atoms with Gasteiger partial charge in [0, 0.05) is 0 Å². The molecule has 1 atom stereocenters. The summed E-state index contributed by atoms with van der Waals surface area (Å²) in [7, 11) is 0. The number of rotatable bonds is 8. The van der Waals surface area contributed by atoms with Gasteiger partial charge in [0.05, 0.1) is 18.8 Å². The molecule has 0 spiro atoms. The van der Waals surface area contributed by atoms with Crippen molar-refractivity contribution in [3.8, 4) is 5.75 Å². The summed E-state index contributed by atoms with van der Waals surface area (Å²) in [5, 5.41) is 19.6. The number of phenolic OH excluding ortho intramolecular Hbond substituents is 1. The Bertz CT molecular complexity index is 979. The molecule has 2 aliphatic carbocycles. The van der Waals surface area contributed by atoms with Gasteiger partial charge >= 0.3 is 0 Å². The number of aromatic hydroxyl groups is 1. The van der Waals surface area contributed by atoms with E-state index in [0.717, 1.165) is 51.4 Å². The lowest BCUT2D eigenvalue weighted by molar-refractivity contribution is 0.0130. The highest BCUT2D eigenvalue weighted by molar-refractivity contribution is 5.32. The first-order valence-electron chi connectivity index (χ1n) is 13.1. The van der Waals surface area contributed by atoms with E-state index in [4.69, 9.17) is 4.74 Å². The third-order valence-electron chi connectivity index (χ3n) is 8.09. The van der Waals surface area contributed by atoms with Crippen LogP contribution < -0.4 is 0 Å². The van der Waals surface area contributed by atoms with E-state index < -0.39 is 17.5 Å². The molecule has 3 nitrogen and oxygen atoms in total. The fourth-order valence-corrected chi connectivity index (χ4v) is 5.95. The van der Waals surface area contributed by atoms with Gasteiger partial charge in [-0.05, 0) is 104 Å². The van der Waals surface area contributed by atoms with Crippen LogP contribution in [0.3, 0.4) is 0 Å². The Balaban J connectivity index is 1.31. The maximum absolute atomic E-state index is 15.1. The van der Waals surface area contributed by atoms with Gasteiger partial charge in [0.15, 0.2) is 23.2 Å². The summed E-state index contributed by atoms with van der Waals surface area (Å²) in [6.45, 7) is 2.32. The summed E-state index contributed by atoms with van der Waals surface area (Å²) in [6.07, 6.45) is 7.64. The summed E-state index contributed by atoms with van der Waals surface area (Å²) in [6, 6.07) is 7.76. The zero-order valence-electron chi connectivity index (χ0n) is 20.5. The summed E-state index contributed by atoms with van der Waals surface area (Å²) in [5.74, 6) is -2.22. The Morgan fingerprint density at radius 2 is 1.43 bits per heavy atom. The zero-order valence-corrected chi connectivity index (χ0v) is 20.5. The number of halogens is 3. The second-order valence-electron chi connectivity index (χ2n) is 10.4. The number of hydrogen-bond donors (Lipinski definition) is 2. The molecule has 2 aliphatic rings. The van der Waals surface area contributed by atoms with Crippen molar-refractivity contribution in [2.75, 3.05) is 0 Å².